The lowest BCUT2D eigenvalue weighted by Gasteiger charge is -2.14. The highest BCUT2D eigenvalue weighted by Crippen LogP contribution is 2.22. The summed E-state index contributed by atoms with van der Waals surface area (Å²) in [5.74, 6) is -0.0481. The number of ketones is 1. The molecule has 0 aromatic heterocycles. The van der Waals surface area contributed by atoms with Crippen LogP contribution in [0.5, 0.6) is 0 Å². The molecule has 2 rings (SSSR count). The highest BCUT2D eigenvalue weighted by atomic mass is 16.5. The number of allylic oxidation sites excluding steroid dienone is 2. The first-order valence-corrected chi connectivity index (χ1v) is 6.43. The Hall–Kier alpha value is -2.60. The van der Waals surface area contributed by atoms with Gasteiger partial charge in [-0.3, -0.25) is 4.79 Å². The number of aliphatic imine (C=N–C) groups is 1. The molecule has 1 aromatic rings. The summed E-state index contributed by atoms with van der Waals surface area (Å²) in [7, 11) is 0. The van der Waals surface area contributed by atoms with Crippen molar-refractivity contribution in [3.8, 4) is 0 Å². The van der Waals surface area contributed by atoms with Gasteiger partial charge in [0, 0.05) is 11.8 Å². The fraction of sp³-hybridized carbons (Fsp3) is 0.200. The van der Waals surface area contributed by atoms with E-state index in [1.807, 2.05) is 13.0 Å². The molecular formula is C15H17N3O3. The number of nitrogen functional groups attached to an aromatic ring is 1. The molecule has 6 nitrogen and oxygen atoms in total. The average Bonchev–Trinajstić information content (AvgIpc) is 2.45. The van der Waals surface area contributed by atoms with Crippen LogP contribution in [0.4, 0.5) is 11.4 Å². The van der Waals surface area contributed by atoms with Crippen LogP contribution in [0, 0.1) is 6.92 Å². The number of nitrogens with zero attached hydrogens (tertiary/aromatic N) is 1. The second-order valence-electron chi connectivity index (χ2n) is 4.58. The van der Waals surface area contributed by atoms with Crippen LogP contribution in [-0.2, 0) is 9.53 Å². The van der Waals surface area contributed by atoms with Crippen LogP contribution in [0.1, 0.15) is 5.56 Å². The molecule has 0 unspecified atom stereocenters. The summed E-state index contributed by atoms with van der Waals surface area (Å²) in [5, 5.41) is 8.83. The van der Waals surface area contributed by atoms with Crippen molar-refractivity contribution in [3.63, 3.8) is 0 Å². The molecule has 0 bridgehead atoms. The molecule has 0 atom stereocenters. The molecule has 1 aliphatic carbocycles. The fourth-order valence-corrected chi connectivity index (χ4v) is 1.79. The molecule has 0 heterocycles. The second kappa shape index (κ2) is 6.23. The van der Waals surface area contributed by atoms with E-state index < -0.39 is 0 Å². The van der Waals surface area contributed by atoms with Gasteiger partial charge in [0.15, 0.2) is 0 Å². The standard InChI is InChI=1S/C15H17N3O3/c1-9-6-10(2-3-11(9)16)18-13-7-12(17)14(20)8-15(13)21-5-4-19/h2-3,6-8,19H,4-5,16-17H2,1H3. The zero-order valence-electron chi connectivity index (χ0n) is 11.7. The van der Waals surface area contributed by atoms with E-state index in [4.69, 9.17) is 21.3 Å². The Kier molecular flexibility index (Phi) is 4.39. The molecule has 0 aliphatic heterocycles. The van der Waals surface area contributed by atoms with E-state index >= 15 is 0 Å². The Morgan fingerprint density at radius 3 is 2.71 bits per heavy atom. The lowest BCUT2D eigenvalue weighted by Crippen LogP contribution is -2.20. The highest BCUT2D eigenvalue weighted by molar-refractivity contribution is 6.21. The first kappa shape index (κ1) is 14.8. The maximum atomic E-state index is 11.6. The van der Waals surface area contributed by atoms with Gasteiger partial charge in [-0.2, -0.15) is 0 Å². The van der Waals surface area contributed by atoms with Crippen molar-refractivity contribution in [2.24, 2.45) is 10.7 Å². The number of aryl methyl sites for hydroxylation is 1. The summed E-state index contributed by atoms with van der Waals surface area (Å²) in [4.78, 5) is 16.0. The first-order valence-electron chi connectivity index (χ1n) is 6.43. The van der Waals surface area contributed by atoms with Crippen LogP contribution in [0.25, 0.3) is 0 Å². The van der Waals surface area contributed by atoms with Crippen LogP contribution in [-0.4, -0.2) is 29.8 Å². The zero-order valence-corrected chi connectivity index (χ0v) is 11.7. The summed E-state index contributed by atoms with van der Waals surface area (Å²) in [5.41, 5.74) is 14.2. The van der Waals surface area contributed by atoms with Crippen molar-refractivity contribution < 1.29 is 14.6 Å². The van der Waals surface area contributed by atoms with Crippen molar-refractivity contribution in [2.45, 2.75) is 6.92 Å². The number of aliphatic hydroxyl groups is 1. The van der Waals surface area contributed by atoms with E-state index in [-0.39, 0.29) is 30.5 Å². The summed E-state index contributed by atoms with van der Waals surface area (Å²) in [6, 6.07) is 5.35. The third kappa shape index (κ3) is 3.49. The largest absolute Gasteiger partial charge is 0.489 e. The van der Waals surface area contributed by atoms with Gasteiger partial charge in [-0.25, -0.2) is 4.99 Å². The van der Waals surface area contributed by atoms with Gasteiger partial charge in [-0.05, 0) is 36.8 Å². The molecule has 1 aromatic carbocycles. The van der Waals surface area contributed by atoms with E-state index in [1.54, 1.807) is 12.1 Å². The van der Waals surface area contributed by atoms with E-state index in [1.165, 1.54) is 12.2 Å². The number of benzene rings is 1. The Morgan fingerprint density at radius 2 is 2.05 bits per heavy atom. The van der Waals surface area contributed by atoms with Gasteiger partial charge < -0.3 is 21.3 Å². The Bertz CT molecular complexity index is 660. The van der Waals surface area contributed by atoms with Crippen molar-refractivity contribution in [1.29, 1.82) is 0 Å². The maximum Gasteiger partial charge on any atom is 0.205 e. The number of carbonyl (C=O) groups is 1. The highest BCUT2D eigenvalue weighted by Gasteiger charge is 2.18. The van der Waals surface area contributed by atoms with Gasteiger partial charge in [-0.15, -0.1) is 0 Å². The van der Waals surface area contributed by atoms with Crippen molar-refractivity contribution in [1.82, 2.24) is 0 Å². The molecular weight excluding hydrogens is 270 g/mol. The predicted octanol–water partition coefficient (Wildman–Crippen LogP) is 0.968. The normalized spacial score (nSPS) is 16.7. The van der Waals surface area contributed by atoms with E-state index in [2.05, 4.69) is 4.99 Å². The number of ether oxygens (including phenoxy) is 1. The summed E-state index contributed by atoms with van der Waals surface area (Å²) in [6.45, 7) is 1.80. The molecule has 0 radical (unpaired) electrons. The molecule has 6 heteroatoms. The van der Waals surface area contributed by atoms with Crippen LogP contribution < -0.4 is 11.5 Å². The van der Waals surface area contributed by atoms with E-state index in [9.17, 15) is 4.79 Å². The molecule has 0 saturated carbocycles. The van der Waals surface area contributed by atoms with Crippen LogP contribution in [0.3, 0.4) is 0 Å². The number of hydrogen-bond donors (Lipinski definition) is 3. The topological polar surface area (TPSA) is 111 Å². The molecule has 110 valence electrons. The molecule has 21 heavy (non-hydrogen) atoms. The number of anilines is 1. The fourth-order valence-electron chi connectivity index (χ4n) is 1.79. The van der Waals surface area contributed by atoms with E-state index in [0.717, 1.165) is 5.56 Å². The monoisotopic (exact) mass is 287 g/mol. The summed E-state index contributed by atoms with van der Waals surface area (Å²) < 4.78 is 5.32. The first-order chi connectivity index (χ1) is 10.0. The number of aliphatic hydroxyl groups excluding tert-OH is 1. The molecule has 0 amide bonds. The van der Waals surface area contributed by atoms with Crippen LogP contribution in [0.2, 0.25) is 0 Å². The van der Waals surface area contributed by atoms with Crippen molar-refractivity contribution in [3.05, 3.63) is 47.4 Å². The minimum absolute atomic E-state index is 0.0760. The minimum Gasteiger partial charge on any atom is -0.489 e. The quantitative estimate of drug-likeness (QED) is 0.564. The molecule has 0 fully saturated rings. The van der Waals surface area contributed by atoms with E-state index in [0.29, 0.717) is 17.1 Å². The smallest absolute Gasteiger partial charge is 0.205 e. The third-order valence-corrected chi connectivity index (χ3v) is 2.94. The number of hydrogen-bond acceptors (Lipinski definition) is 6. The lowest BCUT2D eigenvalue weighted by atomic mass is 10.1. The average molecular weight is 287 g/mol. The third-order valence-electron chi connectivity index (χ3n) is 2.94. The molecule has 5 N–H and O–H groups in total. The Morgan fingerprint density at radius 1 is 1.29 bits per heavy atom. The minimum atomic E-state index is -0.338. The van der Waals surface area contributed by atoms with Crippen molar-refractivity contribution in [2.75, 3.05) is 18.9 Å². The molecule has 0 saturated heterocycles. The van der Waals surface area contributed by atoms with Gasteiger partial charge in [0.05, 0.1) is 18.0 Å². The van der Waals surface area contributed by atoms with Crippen LogP contribution in [0.15, 0.2) is 46.8 Å². The zero-order chi connectivity index (χ0) is 15.4. The Balaban J connectivity index is 2.37. The molecule has 1 aliphatic rings. The van der Waals surface area contributed by atoms with Gasteiger partial charge in [0.25, 0.3) is 0 Å². The lowest BCUT2D eigenvalue weighted by molar-refractivity contribution is -0.111. The van der Waals surface area contributed by atoms with Gasteiger partial charge in [0.2, 0.25) is 5.78 Å². The number of nitrogens with two attached hydrogens (primary N) is 2. The summed E-state index contributed by atoms with van der Waals surface area (Å²) in [6.07, 6.45) is 2.73. The van der Waals surface area contributed by atoms with Gasteiger partial charge in [-0.1, -0.05) is 0 Å². The Labute approximate surface area is 122 Å². The maximum absolute atomic E-state index is 11.6. The van der Waals surface area contributed by atoms with Gasteiger partial charge in [0.1, 0.15) is 18.1 Å². The number of rotatable bonds is 4. The SMILES string of the molecule is Cc1cc(N=C2C=C(N)C(=O)C=C2OCCO)ccc1N. The second-order valence-corrected chi connectivity index (χ2v) is 4.58. The van der Waals surface area contributed by atoms with Crippen molar-refractivity contribution >= 4 is 22.9 Å². The van der Waals surface area contributed by atoms with Crippen LogP contribution >= 0.6 is 0 Å². The summed E-state index contributed by atoms with van der Waals surface area (Å²) >= 11 is 0. The molecule has 0 spiro atoms. The predicted molar refractivity (Wildman–Crippen MR) is 81.1 cm³/mol. The van der Waals surface area contributed by atoms with Gasteiger partial charge >= 0.3 is 0 Å². The number of carbonyl (C=O) groups excluding carboxylic acids is 1.